The minimum atomic E-state index is -3.86. The molecule has 9 heteroatoms. The number of Topliss-reactive ketones (excluding diaryl/α,β-unsaturated/α-hetero) is 2. The molecule has 2 aromatic rings. The van der Waals surface area contributed by atoms with E-state index in [4.69, 9.17) is 0 Å². The summed E-state index contributed by atoms with van der Waals surface area (Å²) in [5.41, 5.74) is -2.48. The monoisotopic (exact) mass is 533 g/mol. The minimum absolute atomic E-state index is 0.136. The summed E-state index contributed by atoms with van der Waals surface area (Å²) < 4.78 is 59.3. The number of aliphatic hydroxyl groups is 1. The molecule has 0 aromatic heterocycles. The van der Waals surface area contributed by atoms with Crippen LogP contribution < -0.4 is 0 Å². The molecule has 1 saturated carbocycles. The van der Waals surface area contributed by atoms with E-state index in [9.17, 15) is 23.1 Å². The fourth-order valence-electron chi connectivity index (χ4n) is 5.94. The minimum Gasteiger partial charge on any atom is -0.390 e. The van der Waals surface area contributed by atoms with Gasteiger partial charge >= 0.3 is 0 Å². The zero-order valence-electron chi connectivity index (χ0n) is 21.5. The predicted octanol–water partition coefficient (Wildman–Crippen LogP) is 4.60. The lowest BCUT2D eigenvalue weighted by atomic mass is 9.53. The molecule has 0 spiro atoms. The molecule has 4 rings (SSSR count). The van der Waals surface area contributed by atoms with Crippen molar-refractivity contribution in [2.75, 3.05) is 0 Å². The van der Waals surface area contributed by atoms with Gasteiger partial charge in [0.2, 0.25) is 10.0 Å². The van der Waals surface area contributed by atoms with Crippen LogP contribution in [0.15, 0.2) is 42.5 Å². The van der Waals surface area contributed by atoms with Gasteiger partial charge in [0.05, 0.1) is 16.9 Å². The van der Waals surface area contributed by atoms with Gasteiger partial charge in [-0.25, -0.2) is 17.2 Å². The summed E-state index contributed by atoms with van der Waals surface area (Å²) in [6.07, 6.45) is 0.722. The van der Waals surface area contributed by atoms with E-state index in [0.29, 0.717) is 18.4 Å². The Morgan fingerprint density at radius 2 is 1.73 bits per heavy atom. The Kier molecular flexibility index (Phi) is 7.20. The molecule has 2 fully saturated rings. The summed E-state index contributed by atoms with van der Waals surface area (Å²) in [7, 11) is -3.86. The molecule has 3 atom stereocenters. The molecular weight excluding hydrogens is 500 g/mol. The van der Waals surface area contributed by atoms with Gasteiger partial charge in [0.15, 0.2) is 5.78 Å². The number of sulfonamides is 1. The molecule has 200 valence electrons. The maximum Gasteiger partial charge on any atom is 0.221 e. The maximum absolute atomic E-state index is 15.6. The first-order valence-electron chi connectivity index (χ1n) is 12.5. The number of nitrogens with zero attached hydrogens (tertiary/aromatic N) is 1. The fourth-order valence-corrected chi connectivity index (χ4v) is 8.13. The lowest BCUT2D eigenvalue weighted by Crippen LogP contribution is -2.59. The van der Waals surface area contributed by atoms with E-state index in [1.54, 1.807) is 37.3 Å². The maximum atomic E-state index is 15.6. The molecule has 6 nitrogen and oxygen atoms in total. The summed E-state index contributed by atoms with van der Waals surface area (Å²) in [6.45, 7) is 5.59. The van der Waals surface area contributed by atoms with Crippen molar-refractivity contribution in [3.05, 3.63) is 70.8 Å². The molecule has 1 aliphatic heterocycles. The molecule has 1 unspecified atom stereocenters. The van der Waals surface area contributed by atoms with Gasteiger partial charge < -0.3 is 5.11 Å². The van der Waals surface area contributed by atoms with Crippen LogP contribution in [0.2, 0.25) is 0 Å². The average Bonchev–Trinajstić information content (AvgIpc) is 2.81. The Morgan fingerprint density at radius 3 is 2.30 bits per heavy atom. The van der Waals surface area contributed by atoms with Crippen LogP contribution in [0.25, 0.3) is 0 Å². The summed E-state index contributed by atoms with van der Waals surface area (Å²) in [4.78, 5) is 25.1. The topological polar surface area (TPSA) is 91.8 Å². The highest BCUT2D eigenvalue weighted by molar-refractivity contribution is 7.89. The molecular formula is C28H33F2NO5S. The quantitative estimate of drug-likeness (QED) is 0.526. The van der Waals surface area contributed by atoms with Crippen molar-refractivity contribution >= 4 is 21.6 Å². The van der Waals surface area contributed by atoms with E-state index in [1.807, 2.05) is 0 Å². The Bertz CT molecular complexity index is 1320. The number of ketones is 2. The van der Waals surface area contributed by atoms with Gasteiger partial charge in [0.25, 0.3) is 0 Å². The van der Waals surface area contributed by atoms with Gasteiger partial charge in [-0.3, -0.25) is 9.59 Å². The van der Waals surface area contributed by atoms with Crippen LogP contribution in [-0.2, 0) is 31.6 Å². The molecule has 1 heterocycles. The van der Waals surface area contributed by atoms with E-state index in [2.05, 4.69) is 0 Å². The largest absolute Gasteiger partial charge is 0.390 e. The summed E-state index contributed by atoms with van der Waals surface area (Å²) in [6, 6.07) is 10.3. The highest BCUT2D eigenvalue weighted by Crippen LogP contribution is 2.53. The summed E-state index contributed by atoms with van der Waals surface area (Å²) in [5, 5.41) is 9.61. The molecule has 1 aliphatic carbocycles. The van der Waals surface area contributed by atoms with E-state index >= 15 is 8.78 Å². The SMILES string of the molecule is CC(=O)C(C)C(=O)C1(c2cc(F)c(CN3[C@@H](C)CC[C@H](c4ccccc4)S3(=O)=O)cc2F)CC(C)(O)C1. The van der Waals surface area contributed by atoms with Gasteiger partial charge in [-0.15, -0.1) is 0 Å². The fraction of sp³-hybridized carbons (Fsp3) is 0.500. The lowest BCUT2D eigenvalue weighted by Gasteiger charge is -2.51. The normalized spacial score (nSPS) is 30.4. The molecule has 0 bridgehead atoms. The van der Waals surface area contributed by atoms with Crippen molar-refractivity contribution < 1.29 is 31.9 Å². The zero-order chi connectivity index (χ0) is 27.3. The predicted molar refractivity (Wildman–Crippen MR) is 135 cm³/mol. The second-order valence-corrected chi connectivity index (χ2v) is 13.0. The van der Waals surface area contributed by atoms with Crippen LogP contribution in [0.4, 0.5) is 8.78 Å². The molecule has 1 N–H and O–H groups in total. The van der Waals surface area contributed by atoms with E-state index in [-0.39, 0.29) is 30.5 Å². The number of carbonyl (C=O) groups excluding carboxylic acids is 2. The zero-order valence-corrected chi connectivity index (χ0v) is 22.3. The Balaban J connectivity index is 1.69. The van der Waals surface area contributed by atoms with Gasteiger partial charge in [-0.05, 0) is 71.1 Å². The second-order valence-electron chi connectivity index (χ2n) is 11.0. The average molecular weight is 534 g/mol. The van der Waals surface area contributed by atoms with Crippen LogP contribution in [0.5, 0.6) is 0 Å². The standard InChI is InChI=1S/C28H33F2NO5S/c1-17-10-11-25(20-8-6-5-7-9-20)37(35,36)31(17)14-21-12-24(30)22(13-23(21)29)28(15-27(4,34)16-28)26(33)18(2)19(3)32/h5-9,12-13,17-18,25,34H,10-11,14-16H2,1-4H3/t17-,18?,25+,27?,28?/m0/s1. The third-order valence-electron chi connectivity index (χ3n) is 8.01. The molecule has 1 saturated heterocycles. The number of rotatable bonds is 7. The summed E-state index contributed by atoms with van der Waals surface area (Å²) in [5.74, 6) is -3.69. The van der Waals surface area contributed by atoms with Gasteiger partial charge in [0, 0.05) is 23.7 Å². The Labute approximate surface area is 216 Å². The highest BCUT2D eigenvalue weighted by atomic mass is 32.2. The molecule has 0 amide bonds. The highest BCUT2D eigenvalue weighted by Gasteiger charge is 2.59. The number of benzene rings is 2. The third-order valence-corrected chi connectivity index (χ3v) is 10.4. The van der Waals surface area contributed by atoms with Crippen LogP contribution in [0.1, 0.15) is 75.3 Å². The number of hydrogen-bond donors (Lipinski definition) is 1. The van der Waals surface area contributed by atoms with E-state index in [1.165, 1.54) is 25.1 Å². The summed E-state index contributed by atoms with van der Waals surface area (Å²) >= 11 is 0. The van der Waals surface area contributed by atoms with Crippen molar-refractivity contribution in [2.24, 2.45) is 5.92 Å². The Hall–Kier alpha value is -2.49. The van der Waals surface area contributed by atoms with Crippen LogP contribution >= 0.6 is 0 Å². The van der Waals surface area contributed by atoms with Crippen LogP contribution in [-0.4, -0.2) is 41.0 Å². The lowest BCUT2D eigenvalue weighted by molar-refractivity contribution is -0.149. The number of hydrogen-bond acceptors (Lipinski definition) is 5. The van der Waals surface area contributed by atoms with Crippen molar-refractivity contribution in [2.45, 2.75) is 82.2 Å². The van der Waals surface area contributed by atoms with E-state index < -0.39 is 61.4 Å². The number of halogens is 2. The van der Waals surface area contributed by atoms with Crippen LogP contribution in [0, 0.1) is 17.6 Å². The molecule has 37 heavy (non-hydrogen) atoms. The smallest absolute Gasteiger partial charge is 0.221 e. The first-order chi connectivity index (χ1) is 17.2. The van der Waals surface area contributed by atoms with Crippen molar-refractivity contribution in [1.29, 1.82) is 0 Å². The van der Waals surface area contributed by atoms with Crippen molar-refractivity contribution in [1.82, 2.24) is 4.31 Å². The molecule has 2 aliphatic rings. The van der Waals surface area contributed by atoms with Gasteiger partial charge in [0.1, 0.15) is 22.7 Å². The first-order valence-corrected chi connectivity index (χ1v) is 14.0. The third kappa shape index (κ3) is 4.89. The molecule has 0 radical (unpaired) electrons. The van der Waals surface area contributed by atoms with Crippen molar-refractivity contribution in [3.8, 4) is 0 Å². The van der Waals surface area contributed by atoms with Gasteiger partial charge in [-0.1, -0.05) is 30.3 Å². The molecule has 2 aromatic carbocycles. The van der Waals surface area contributed by atoms with Crippen molar-refractivity contribution in [3.63, 3.8) is 0 Å². The second kappa shape index (κ2) is 9.67. The number of carbonyl (C=O) groups is 2. The Morgan fingerprint density at radius 1 is 1.11 bits per heavy atom. The van der Waals surface area contributed by atoms with Crippen LogP contribution in [0.3, 0.4) is 0 Å². The van der Waals surface area contributed by atoms with E-state index in [0.717, 1.165) is 12.1 Å². The van der Waals surface area contributed by atoms with Gasteiger partial charge in [-0.2, -0.15) is 4.31 Å². The first kappa shape index (κ1) is 27.5.